The summed E-state index contributed by atoms with van der Waals surface area (Å²) in [6, 6.07) is 3.32. The Hall–Kier alpha value is -0.550. The van der Waals surface area contributed by atoms with E-state index in [2.05, 4.69) is 25.2 Å². The fourth-order valence-corrected chi connectivity index (χ4v) is 1.74. The maximum absolute atomic E-state index is 8.76. The van der Waals surface area contributed by atoms with E-state index in [1.54, 1.807) is 0 Å². The highest BCUT2D eigenvalue weighted by Gasteiger charge is 2.26. The Labute approximate surface area is 68.6 Å². The third kappa shape index (κ3) is 2.20. The summed E-state index contributed by atoms with van der Waals surface area (Å²) in [5.74, 6) is 0.261. The molecule has 0 saturated heterocycles. The molecule has 1 saturated carbocycles. The molecule has 0 unspecified atom stereocenters. The molecule has 0 aromatic heterocycles. The van der Waals surface area contributed by atoms with Crippen LogP contribution in [0.3, 0.4) is 0 Å². The molecule has 1 aliphatic carbocycles. The highest BCUT2D eigenvalue weighted by atomic mass is 14.9. The number of nitriles is 1. The first-order valence-electron chi connectivity index (χ1n) is 4.39. The Morgan fingerprint density at radius 1 is 1.45 bits per heavy atom. The molecule has 2 atom stereocenters. The van der Waals surface area contributed by atoms with Crippen LogP contribution in [0.4, 0.5) is 0 Å². The summed E-state index contributed by atoms with van der Waals surface area (Å²) in [5, 5.41) is 12.2. The van der Waals surface area contributed by atoms with Crippen molar-refractivity contribution in [3.8, 4) is 6.07 Å². The summed E-state index contributed by atoms with van der Waals surface area (Å²) < 4.78 is 0. The summed E-state index contributed by atoms with van der Waals surface area (Å²) >= 11 is 0. The second kappa shape index (κ2) is 3.73. The van der Waals surface area contributed by atoms with E-state index in [0.717, 1.165) is 6.42 Å². The largest absolute Gasteiger partial charge is 0.310 e. The van der Waals surface area contributed by atoms with Gasteiger partial charge in [-0.05, 0) is 12.8 Å². The van der Waals surface area contributed by atoms with E-state index in [0.29, 0.717) is 12.1 Å². The van der Waals surface area contributed by atoms with E-state index < -0.39 is 0 Å². The van der Waals surface area contributed by atoms with Crippen LogP contribution in [0.25, 0.3) is 0 Å². The van der Waals surface area contributed by atoms with Crippen molar-refractivity contribution in [3.63, 3.8) is 0 Å². The Morgan fingerprint density at radius 3 is 2.73 bits per heavy atom. The molecule has 0 heterocycles. The van der Waals surface area contributed by atoms with Gasteiger partial charge < -0.3 is 5.32 Å². The fourth-order valence-electron chi connectivity index (χ4n) is 1.74. The van der Waals surface area contributed by atoms with Gasteiger partial charge in [0.25, 0.3) is 0 Å². The number of nitrogens with one attached hydrogen (secondary N) is 1. The highest BCUT2D eigenvalue weighted by Crippen LogP contribution is 2.24. The van der Waals surface area contributed by atoms with Crippen LogP contribution in [0.5, 0.6) is 0 Å². The third-order valence-corrected chi connectivity index (χ3v) is 2.23. The van der Waals surface area contributed by atoms with Crippen molar-refractivity contribution in [3.05, 3.63) is 0 Å². The molecular formula is C9H16N2. The molecule has 2 heteroatoms. The van der Waals surface area contributed by atoms with Crippen molar-refractivity contribution in [1.82, 2.24) is 5.32 Å². The maximum Gasteiger partial charge on any atom is 0.0672 e. The molecule has 0 amide bonds. The fraction of sp³-hybridized carbons (Fsp3) is 0.889. The molecule has 1 rings (SSSR count). The van der Waals surface area contributed by atoms with E-state index in [4.69, 9.17) is 5.26 Å². The standard InChI is InChI=1S/C9H16N2/c1-7(2)11-9-5-3-4-8(9)6-10/h7-9,11H,3-5H2,1-2H3/t8-,9+/m1/s1. The van der Waals surface area contributed by atoms with E-state index >= 15 is 0 Å². The molecule has 11 heavy (non-hydrogen) atoms. The minimum Gasteiger partial charge on any atom is -0.310 e. The second-order valence-corrected chi connectivity index (χ2v) is 3.59. The van der Waals surface area contributed by atoms with Crippen molar-refractivity contribution >= 4 is 0 Å². The molecule has 0 bridgehead atoms. The number of rotatable bonds is 2. The van der Waals surface area contributed by atoms with Gasteiger partial charge in [-0.2, -0.15) is 5.26 Å². The molecular weight excluding hydrogens is 136 g/mol. The van der Waals surface area contributed by atoms with E-state index in [9.17, 15) is 0 Å². The Balaban J connectivity index is 2.39. The second-order valence-electron chi connectivity index (χ2n) is 3.59. The lowest BCUT2D eigenvalue weighted by Crippen LogP contribution is -2.36. The van der Waals surface area contributed by atoms with Gasteiger partial charge in [-0.1, -0.05) is 20.3 Å². The van der Waals surface area contributed by atoms with Crippen LogP contribution in [0, 0.1) is 17.2 Å². The van der Waals surface area contributed by atoms with Crippen molar-refractivity contribution in [1.29, 1.82) is 5.26 Å². The molecule has 0 aromatic carbocycles. The van der Waals surface area contributed by atoms with Crippen LogP contribution in [0.1, 0.15) is 33.1 Å². The normalized spacial score (nSPS) is 30.7. The molecule has 0 spiro atoms. The van der Waals surface area contributed by atoms with Gasteiger partial charge in [0.1, 0.15) is 0 Å². The van der Waals surface area contributed by atoms with Gasteiger partial charge in [-0.3, -0.25) is 0 Å². The van der Waals surface area contributed by atoms with Crippen LogP contribution in [0.2, 0.25) is 0 Å². The molecule has 0 radical (unpaired) electrons. The summed E-state index contributed by atoms with van der Waals surface area (Å²) in [5.41, 5.74) is 0. The van der Waals surface area contributed by atoms with Crippen molar-refractivity contribution in [2.45, 2.75) is 45.2 Å². The molecule has 0 aliphatic heterocycles. The molecule has 2 nitrogen and oxygen atoms in total. The van der Waals surface area contributed by atoms with Gasteiger partial charge in [0.05, 0.1) is 12.0 Å². The van der Waals surface area contributed by atoms with E-state index in [-0.39, 0.29) is 5.92 Å². The zero-order valence-corrected chi connectivity index (χ0v) is 7.30. The average Bonchev–Trinajstić information content (AvgIpc) is 2.34. The van der Waals surface area contributed by atoms with Gasteiger partial charge in [0, 0.05) is 12.1 Å². The monoisotopic (exact) mass is 152 g/mol. The van der Waals surface area contributed by atoms with Crippen molar-refractivity contribution in [2.24, 2.45) is 5.92 Å². The number of hydrogen-bond donors (Lipinski definition) is 1. The topological polar surface area (TPSA) is 35.8 Å². The first kappa shape index (κ1) is 8.55. The van der Waals surface area contributed by atoms with E-state index in [1.807, 2.05) is 0 Å². The minimum absolute atomic E-state index is 0.261. The SMILES string of the molecule is CC(C)N[C@H]1CCC[C@@H]1C#N. The Morgan fingerprint density at radius 2 is 2.18 bits per heavy atom. The quantitative estimate of drug-likeness (QED) is 0.653. The smallest absolute Gasteiger partial charge is 0.0672 e. The summed E-state index contributed by atoms with van der Waals surface area (Å²) in [7, 11) is 0. The van der Waals surface area contributed by atoms with Crippen LogP contribution in [-0.2, 0) is 0 Å². The Bertz CT molecular complexity index is 157. The van der Waals surface area contributed by atoms with Crippen molar-refractivity contribution < 1.29 is 0 Å². The number of hydrogen-bond acceptors (Lipinski definition) is 2. The Kier molecular flexibility index (Phi) is 2.90. The first-order valence-corrected chi connectivity index (χ1v) is 4.39. The lowest BCUT2D eigenvalue weighted by molar-refractivity contribution is 0.426. The maximum atomic E-state index is 8.76. The van der Waals surface area contributed by atoms with Crippen LogP contribution in [0.15, 0.2) is 0 Å². The lowest BCUT2D eigenvalue weighted by atomic mass is 10.1. The zero-order valence-electron chi connectivity index (χ0n) is 7.30. The van der Waals surface area contributed by atoms with Crippen LogP contribution < -0.4 is 5.32 Å². The first-order chi connectivity index (χ1) is 5.24. The van der Waals surface area contributed by atoms with Gasteiger partial charge in [0.15, 0.2) is 0 Å². The van der Waals surface area contributed by atoms with Crippen molar-refractivity contribution in [2.75, 3.05) is 0 Å². The lowest BCUT2D eigenvalue weighted by Gasteiger charge is -2.18. The molecule has 1 aliphatic rings. The predicted molar refractivity (Wildman–Crippen MR) is 45.0 cm³/mol. The van der Waals surface area contributed by atoms with Crippen LogP contribution >= 0.6 is 0 Å². The summed E-state index contributed by atoms with van der Waals surface area (Å²) in [6.45, 7) is 4.26. The molecule has 0 aromatic rings. The summed E-state index contributed by atoms with van der Waals surface area (Å²) in [4.78, 5) is 0. The minimum atomic E-state index is 0.261. The van der Waals surface area contributed by atoms with Gasteiger partial charge in [-0.15, -0.1) is 0 Å². The van der Waals surface area contributed by atoms with Gasteiger partial charge >= 0.3 is 0 Å². The summed E-state index contributed by atoms with van der Waals surface area (Å²) in [6.07, 6.45) is 3.47. The predicted octanol–water partition coefficient (Wildman–Crippen LogP) is 1.68. The highest BCUT2D eigenvalue weighted by molar-refractivity contribution is 4.96. The number of nitrogens with zero attached hydrogens (tertiary/aromatic N) is 1. The molecule has 1 N–H and O–H groups in total. The zero-order chi connectivity index (χ0) is 8.27. The van der Waals surface area contributed by atoms with Crippen LogP contribution in [-0.4, -0.2) is 12.1 Å². The van der Waals surface area contributed by atoms with Gasteiger partial charge in [0.2, 0.25) is 0 Å². The van der Waals surface area contributed by atoms with Gasteiger partial charge in [-0.25, -0.2) is 0 Å². The van der Waals surface area contributed by atoms with E-state index in [1.165, 1.54) is 12.8 Å². The molecule has 62 valence electrons. The average molecular weight is 152 g/mol. The molecule has 1 fully saturated rings. The third-order valence-electron chi connectivity index (χ3n) is 2.23.